The van der Waals surface area contributed by atoms with Gasteiger partial charge in [-0.2, -0.15) is 0 Å². The van der Waals surface area contributed by atoms with Crippen molar-refractivity contribution in [3.63, 3.8) is 0 Å². The summed E-state index contributed by atoms with van der Waals surface area (Å²) in [5, 5.41) is 20.8. The van der Waals surface area contributed by atoms with Crippen molar-refractivity contribution in [1.29, 1.82) is 0 Å². The number of nitrogens with one attached hydrogen (secondary N) is 4. The summed E-state index contributed by atoms with van der Waals surface area (Å²) in [6.07, 6.45) is 2.68. The minimum atomic E-state index is -3.85. The van der Waals surface area contributed by atoms with Gasteiger partial charge in [0.25, 0.3) is 5.91 Å². The van der Waals surface area contributed by atoms with Crippen molar-refractivity contribution >= 4 is 45.3 Å². The second-order valence-corrected chi connectivity index (χ2v) is 18.3. The number of aliphatic hydroxyl groups is 1. The molecular weight excluding hydrogens is 781 g/mol. The standard InChI is InChI=1S/C42H58N6O10S/c1-4-13-32(38(51)40(53)43-25-35(50)46-36(41(54)47(2)3)28-15-7-5-8-16-28)44-39(52)33-24-31-26-48(33)42(55)37(29-17-9-6-10-18-29)45-34(49)23-27-14-11-19-30(22-27)58-20-12-21-59(31,56)57/h5,7-8,11,14-16,19,22,29,31-33,36-38,51H,4,6,9-10,12-13,17-18,20-21,23-26H2,1-3H3,(H,43,53)(H,44,52)(H,45,49)(H,46,50)/t31-,32?,33+,36+,37+,38?/m1/s1. The lowest BCUT2D eigenvalue weighted by molar-refractivity contribution is -0.143. The number of hydrogen-bond acceptors (Lipinski definition) is 10. The Balaban J connectivity index is 1.33. The summed E-state index contributed by atoms with van der Waals surface area (Å²) in [6, 6.07) is 11.1. The molecule has 0 radical (unpaired) electrons. The molecule has 2 aliphatic heterocycles. The number of likely N-dealkylation sites (N-methyl/N-ethyl adjacent to an activating group) is 1. The molecule has 17 heteroatoms. The smallest absolute Gasteiger partial charge is 0.251 e. The fourth-order valence-electron chi connectivity index (χ4n) is 8.11. The van der Waals surface area contributed by atoms with E-state index in [-0.39, 0.29) is 50.5 Å². The van der Waals surface area contributed by atoms with Gasteiger partial charge in [0, 0.05) is 20.6 Å². The average Bonchev–Trinajstić information content (AvgIpc) is 3.69. The highest BCUT2D eigenvalue weighted by molar-refractivity contribution is 7.92. The summed E-state index contributed by atoms with van der Waals surface area (Å²) < 4.78 is 33.3. The quantitative estimate of drug-likeness (QED) is 0.206. The van der Waals surface area contributed by atoms with E-state index in [9.17, 15) is 42.3 Å². The van der Waals surface area contributed by atoms with Gasteiger partial charge in [0.1, 0.15) is 23.9 Å². The molecule has 5 N–H and O–H groups in total. The molecule has 2 fully saturated rings. The first-order chi connectivity index (χ1) is 28.2. The Kier molecular flexibility index (Phi) is 15.9. The van der Waals surface area contributed by atoms with E-state index in [0.717, 1.165) is 19.3 Å². The average molecular weight is 839 g/mol. The Hall–Kier alpha value is -5.03. The number of ether oxygens (including phenoxy) is 1. The normalized spacial score (nSPS) is 22.8. The zero-order valence-corrected chi connectivity index (χ0v) is 34.9. The van der Waals surface area contributed by atoms with E-state index in [1.54, 1.807) is 75.6 Å². The van der Waals surface area contributed by atoms with Gasteiger partial charge in [-0.15, -0.1) is 0 Å². The summed E-state index contributed by atoms with van der Waals surface area (Å²) in [4.78, 5) is 84.1. The summed E-state index contributed by atoms with van der Waals surface area (Å²) in [5.41, 5.74) is 1.20. The summed E-state index contributed by atoms with van der Waals surface area (Å²) >= 11 is 0. The van der Waals surface area contributed by atoms with Crippen LogP contribution in [0.2, 0.25) is 0 Å². The highest BCUT2D eigenvalue weighted by atomic mass is 32.2. The van der Waals surface area contributed by atoms with Crippen molar-refractivity contribution in [3.8, 4) is 5.75 Å². The molecule has 0 aromatic heterocycles. The second kappa shape index (κ2) is 20.8. The SMILES string of the molecule is CCCC(NC(=O)[C@@H]1C[C@@H]2CN1C(=O)[C@H](C1CCCCC1)NC(=O)Cc1cccc(c1)OCCCS2(=O)=O)C(O)C(=O)NCC(=O)N[C@H](C(=O)N(C)C)c1ccccc1. The summed E-state index contributed by atoms with van der Waals surface area (Å²) in [7, 11) is -0.747. The number of aliphatic hydroxyl groups excluding tert-OH is 1. The third kappa shape index (κ3) is 12.0. The number of hydrogen-bond donors (Lipinski definition) is 5. The van der Waals surface area contributed by atoms with Crippen LogP contribution in [0.15, 0.2) is 54.6 Å². The first-order valence-corrected chi connectivity index (χ1v) is 22.2. The maximum absolute atomic E-state index is 14.6. The zero-order valence-electron chi connectivity index (χ0n) is 34.1. The number of carbonyl (C=O) groups is 6. The van der Waals surface area contributed by atoms with Crippen molar-refractivity contribution in [2.75, 3.05) is 39.5 Å². The van der Waals surface area contributed by atoms with Crippen LogP contribution in [0.3, 0.4) is 0 Å². The Morgan fingerprint density at radius 2 is 1.71 bits per heavy atom. The van der Waals surface area contributed by atoms with E-state index in [4.69, 9.17) is 4.74 Å². The van der Waals surface area contributed by atoms with Crippen LogP contribution < -0.4 is 26.0 Å². The van der Waals surface area contributed by atoms with E-state index in [1.807, 2.05) is 0 Å². The van der Waals surface area contributed by atoms with Crippen LogP contribution in [0, 0.1) is 5.92 Å². The van der Waals surface area contributed by atoms with Crippen molar-refractivity contribution in [3.05, 3.63) is 65.7 Å². The van der Waals surface area contributed by atoms with Gasteiger partial charge in [-0.1, -0.05) is 75.1 Å². The lowest BCUT2D eigenvalue weighted by atomic mass is 9.83. The molecule has 2 unspecified atom stereocenters. The molecule has 6 atom stereocenters. The molecule has 3 aliphatic rings. The van der Waals surface area contributed by atoms with Crippen LogP contribution in [0.4, 0.5) is 0 Å². The molecule has 5 rings (SSSR count). The molecule has 6 amide bonds. The van der Waals surface area contributed by atoms with Crippen molar-refractivity contribution in [1.82, 2.24) is 31.1 Å². The molecule has 4 bridgehead atoms. The molecule has 2 aromatic carbocycles. The minimum Gasteiger partial charge on any atom is -0.494 e. The van der Waals surface area contributed by atoms with Gasteiger partial charge >= 0.3 is 0 Å². The number of rotatable bonds is 12. The van der Waals surface area contributed by atoms with Crippen LogP contribution in [0.1, 0.15) is 81.9 Å². The first-order valence-electron chi connectivity index (χ1n) is 20.5. The number of amides is 6. The molecule has 2 aromatic rings. The third-order valence-corrected chi connectivity index (χ3v) is 13.5. The van der Waals surface area contributed by atoms with Crippen LogP contribution >= 0.6 is 0 Å². The Morgan fingerprint density at radius 3 is 2.41 bits per heavy atom. The molecule has 2 heterocycles. The molecule has 59 heavy (non-hydrogen) atoms. The van der Waals surface area contributed by atoms with Gasteiger partial charge in [-0.25, -0.2) is 8.42 Å². The monoisotopic (exact) mass is 838 g/mol. The van der Waals surface area contributed by atoms with Crippen LogP contribution in [-0.4, -0.2) is 128 Å². The van der Waals surface area contributed by atoms with E-state index in [1.165, 1.54) is 9.80 Å². The largest absolute Gasteiger partial charge is 0.494 e. The Bertz CT molecular complexity index is 1920. The third-order valence-electron chi connectivity index (χ3n) is 11.3. The molecule has 0 spiro atoms. The van der Waals surface area contributed by atoms with Gasteiger partial charge < -0.3 is 40.9 Å². The number of fused-ring (bicyclic) bond motifs is 4. The molecular formula is C42H58N6O10S. The zero-order chi connectivity index (χ0) is 42.7. The number of benzene rings is 2. The van der Waals surface area contributed by atoms with E-state index in [2.05, 4.69) is 21.3 Å². The maximum atomic E-state index is 14.6. The minimum absolute atomic E-state index is 0.0171. The molecule has 1 saturated carbocycles. The Labute approximate surface area is 346 Å². The van der Waals surface area contributed by atoms with Crippen molar-refractivity contribution in [2.45, 2.75) is 107 Å². The highest BCUT2D eigenvalue weighted by Crippen LogP contribution is 2.32. The van der Waals surface area contributed by atoms with Crippen LogP contribution in [0.25, 0.3) is 0 Å². The number of sulfone groups is 1. The Morgan fingerprint density at radius 1 is 0.983 bits per heavy atom. The van der Waals surface area contributed by atoms with Crippen LogP contribution in [0.5, 0.6) is 5.75 Å². The lowest BCUT2D eigenvalue weighted by Gasteiger charge is -2.35. The van der Waals surface area contributed by atoms with Crippen molar-refractivity contribution < 1.29 is 47.0 Å². The van der Waals surface area contributed by atoms with Gasteiger partial charge in [-0.3, -0.25) is 28.8 Å². The topological polar surface area (TPSA) is 221 Å². The number of carbonyl (C=O) groups excluding carboxylic acids is 6. The van der Waals surface area contributed by atoms with Gasteiger partial charge in [0.2, 0.25) is 29.5 Å². The number of nitrogens with zero attached hydrogens (tertiary/aromatic N) is 2. The second-order valence-electron chi connectivity index (χ2n) is 15.9. The molecule has 322 valence electrons. The fourth-order valence-corrected chi connectivity index (χ4v) is 9.82. The lowest BCUT2D eigenvalue weighted by Crippen LogP contribution is -2.58. The van der Waals surface area contributed by atoms with Gasteiger partial charge in [0.15, 0.2) is 15.9 Å². The molecule has 16 nitrogen and oxygen atoms in total. The summed E-state index contributed by atoms with van der Waals surface area (Å²) in [5.74, 6) is -3.71. The predicted molar refractivity (Wildman–Crippen MR) is 218 cm³/mol. The van der Waals surface area contributed by atoms with E-state index < -0.39 is 87.3 Å². The van der Waals surface area contributed by atoms with Gasteiger partial charge in [-0.05, 0) is 61.3 Å². The molecule has 1 aliphatic carbocycles. The van der Waals surface area contributed by atoms with Gasteiger partial charge in [0.05, 0.1) is 36.6 Å². The predicted octanol–water partition coefficient (Wildman–Crippen LogP) is 1.17. The summed E-state index contributed by atoms with van der Waals surface area (Å²) in [6.45, 7) is 1.03. The fraction of sp³-hybridized carbons (Fsp3) is 0.571. The van der Waals surface area contributed by atoms with Crippen molar-refractivity contribution in [2.24, 2.45) is 5.92 Å². The maximum Gasteiger partial charge on any atom is 0.251 e. The first kappa shape index (κ1) is 45.1. The highest BCUT2D eigenvalue weighted by Gasteiger charge is 2.48. The van der Waals surface area contributed by atoms with Crippen LogP contribution in [-0.2, 0) is 45.0 Å². The van der Waals surface area contributed by atoms with E-state index >= 15 is 0 Å². The molecule has 1 saturated heterocycles. The van der Waals surface area contributed by atoms with E-state index in [0.29, 0.717) is 36.1 Å².